The maximum atomic E-state index is 4.95. The van der Waals surface area contributed by atoms with E-state index in [0.717, 1.165) is 0 Å². The topological polar surface area (TPSA) is 26.0 Å². The van der Waals surface area contributed by atoms with Crippen molar-refractivity contribution in [3.8, 4) is 6.13 Å². The first-order valence-electron chi connectivity index (χ1n) is 0.964. The van der Waals surface area contributed by atoms with Gasteiger partial charge in [-0.05, 0) is 14.2 Å². The maximum absolute atomic E-state index is 4.95. The van der Waals surface area contributed by atoms with E-state index in [2.05, 4.69) is 0 Å². The molecular formula is C2H6NP. The number of hydrogen-bond donors (Lipinski definition) is 1. The van der Waals surface area contributed by atoms with Gasteiger partial charge in [-0.15, -0.1) is 6.13 Å². The molecule has 0 bridgehead atoms. The van der Waals surface area contributed by atoms with Crippen LogP contribution in [0.25, 0.3) is 0 Å². The summed E-state index contributed by atoms with van der Waals surface area (Å²) < 4.78 is 0. The lowest BCUT2D eigenvalue weighted by molar-refractivity contribution is 1.98. The number of hydrogen-bond acceptors (Lipinski definition) is 1. The van der Waals surface area contributed by atoms with E-state index in [1.165, 1.54) is 0 Å². The molecule has 0 aliphatic heterocycles. The predicted octanol–water partition coefficient (Wildman–Crippen LogP) is 0.561. The second-order valence-electron chi connectivity index (χ2n) is 0.665. The summed E-state index contributed by atoms with van der Waals surface area (Å²) in [6, 6.07) is 0. The van der Waals surface area contributed by atoms with Crippen molar-refractivity contribution in [2.45, 2.75) is 0 Å². The molecule has 0 spiro atoms. The van der Waals surface area contributed by atoms with Gasteiger partial charge in [0, 0.05) is 0 Å². The highest BCUT2D eigenvalue weighted by molar-refractivity contribution is 7.42. The molecule has 0 aromatic rings. The molecule has 1 unspecified atom stereocenters. The van der Waals surface area contributed by atoms with E-state index < -0.39 is 7.53 Å². The Hall–Kier alpha value is 0.0400. The van der Waals surface area contributed by atoms with Crippen molar-refractivity contribution in [3.63, 3.8) is 0 Å². The van der Waals surface area contributed by atoms with Crippen molar-refractivity contribution in [2.75, 3.05) is 6.66 Å². The predicted molar refractivity (Wildman–Crippen MR) is 22.0 cm³/mol. The van der Waals surface area contributed by atoms with Crippen LogP contribution >= 0.6 is 7.53 Å². The summed E-state index contributed by atoms with van der Waals surface area (Å²) in [5.74, 6) is 0. The van der Waals surface area contributed by atoms with Crippen LogP contribution in [0, 0.1) is 6.13 Å². The average Bonchev–Trinajstić information content (AvgIpc) is 0.811. The lowest BCUT2D eigenvalue weighted by Crippen LogP contribution is -1.64. The Labute approximate surface area is 26.9 Å². The molecule has 0 amide bonds. The van der Waals surface area contributed by atoms with Crippen LogP contribution in [-0.2, 0) is 0 Å². The van der Waals surface area contributed by atoms with E-state index in [1.54, 1.807) is 6.66 Å². The first-order valence-corrected chi connectivity index (χ1v) is 2.89. The molecule has 0 saturated carbocycles. The van der Waals surface area contributed by atoms with Crippen LogP contribution in [0.5, 0.6) is 0 Å². The molecule has 0 aliphatic rings. The minimum atomic E-state index is -0.620. The van der Waals surface area contributed by atoms with E-state index >= 15 is 0 Å². The molecule has 0 fully saturated rings. The summed E-state index contributed by atoms with van der Waals surface area (Å²) in [6.07, 6.45) is 4.95. The maximum Gasteiger partial charge on any atom is -0.00991 e. The van der Waals surface area contributed by atoms with E-state index in [4.69, 9.17) is 11.6 Å². The van der Waals surface area contributed by atoms with E-state index in [1.807, 2.05) is 0 Å². The second-order valence-corrected chi connectivity index (χ2v) is 2.00. The highest BCUT2D eigenvalue weighted by atomic mass is 31.1. The third-order valence-electron chi connectivity index (χ3n) is 0. The van der Waals surface area contributed by atoms with Crippen LogP contribution < -0.4 is 5.50 Å². The summed E-state index contributed by atoms with van der Waals surface area (Å²) >= 11 is 0. The zero-order valence-electron chi connectivity index (χ0n) is 2.60. The second kappa shape index (κ2) is 1.37. The van der Waals surface area contributed by atoms with Crippen LogP contribution in [0.2, 0.25) is 0 Å². The minimum absolute atomic E-state index is 0.620. The van der Waals surface area contributed by atoms with Gasteiger partial charge >= 0.3 is 0 Å². The van der Waals surface area contributed by atoms with Gasteiger partial charge < -0.3 is 0 Å². The number of rotatable bonds is 0. The molecule has 0 heterocycles. The zero-order valence-corrected chi connectivity index (χ0v) is 3.50. The molecule has 0 rings (SSSR count). The first kappa shape index (κ1) is 4.04. The van der Waals surface area contributed by atoms with Crippen LogP contribution in [0.15, 0.2) is 0 Å². The molecule has 1 atom stereocenters. The fraction of sp³-hybridized carbons (Fsp3) is 0.500. The Morgan fingerprint density at radius 2 is 2.00 bits per heavy atom. The monoisotopic (exact) mass is 75.0 g/mol. The van der Waals surface area contributed by atoms with Gasteiger partial charge in [-0.25, -0.2) is 0 Å². The normalized spacial score (nSPS) is 10.8. The van der Waals surface area contributed by atoms with Crippen molar-refractivity contribution in [3.05, 3.63) is 0 Å². The molecule has 0 radical (unpaired) electrons. The highest BCUT2D eigenvalue weighted by Crippen LogP contribution is 1.87. The molecule has 0 aromatic carbocycles. The van der Waals surface area contributed by atoms with E-state index in [9.17, 15) is 0 Å². The van der Waals surface area contributed by atoms with Gasteiger partial charge in [0.05, 0.1) is 0 Å². The Bertz CT molecular complexity index is 52.2. The van der Waals surface area contributed by atoms with Gasteiger partial charge in [0.2, 0.25) is 0 Å². The van der Waals surface area contributed by atoms with Gasteiger partial charge in [0.15, 0.2) is 0 Å². The lowest BCUT2D eigenvalue weighted by atomic mass is 11.9. The van der Waals surface area contributed by atoms with Crippen LogP contribution in [0.4, 0.5) is 0 Å². The fourth-order valence-electron chi connectivity index (χ4n) is 0. The molecule has 1 nitrogen and oxygen atoms in total. The SMILES string of the molecule is C#P(C)N. The first-order chi connectivity index (χ1) is 1.73. The Morgan fingerprint density at radius 3 is 2.00 bits per heavy atom. The van der Waals surface area contributed by atoms with Crippen molar-refractivity contribution in [1.82, 2.24) is 0 Å². The van der Waals surface area contributed by atoms with E-state index in [0.29, 0.717) is 0 Å². The summed E-state index contributed by atoms with van der Waals surface area (Å²) in [7, 11) is -0.620. The smallest absolute Gasteiger partial charge is 0.00991 e. The van der Waals surface area contributed by atoms with Crippen molar-refractivity contribution >= 4 is 7.53 Å². The molecule has 0 aromatic heterocycles. The highest BCUT2D eigenvalue weighted by Gasteiger charge is 1.44. The number of nitrogens with two attached hydrogens (primary N) is 1. The standard InChI is InChI=1S/C2H6NP/c1-4(2)3/h1H,3H2,2H3. The lowest BCUT2D eigenvalue weighted by Gasteiger charge is -1.63. The van der Waals surface area contributed by atoms with E-state index in [-0.39, 0.29) is 0 Å². The van der Waals surface area contributed by atoms with Gasteiger partial charge in [0.25, 0.3) is 0 Å². The molecule has 2 heteroatoms. The van der Waals surface area contributed by atoms with Crippen LogP contribution in [-0.4, -0.2) is 6.66 Å². The van der Waals surface area contributed by atoms with Gasteiger partial charge in [0.1, 0.15) is 0 Å². The third kappa shape index (κ3) is 1380. The molecule has 24 valence electrons. The Morgan fingerprint density at radius 1 is 2.00 bits per heavy atom. The zero-order chi connectivity index (χ0) is 3.58. The van der Waals surface area contributed by atoms with Gasteiger partial charge in [-0.3, -0.25) is 5.50 Å². The Kier molecular flexibility index (Phi) is 1.38. The largest absolute Gasteiger partial charge is 0.287 e. The van der Waals surface area contributed by atoms with Crippen molar-refractivity contribution in [1.29, 1.82) is 0 Å². The van der Waals surface area contributed by atoms with Crippen molar-refractivity contribution < 1.29 is 0 Å². The molecule has 4 heavy (non-hydrogen) atoms. The Balaban J connectivity index is 3.02. The van der Waals surface area contributed by atoms with Crippen molar-refractivity contribution in [2.24, 2.45) is 5.50 Å². The summed E-state index contributed by atoms with van der Waals surface area (Å²) in [4.78, 5) is 0. The summed E-state index contributed by atoms with van der Waals surface area (Å²) in [5.41, 5.74) is 4.95. The molecular weight excluding hydrogens is 69.0 g/mol. The quantitative estimate of drug-likeness (QED) is 0.418. The van der Waals surface area contributed by atoms with Crippen LogP contribution in [0.1, 0.15) is 0 Å². The molecule has 2 N–H and O–H groups in total. The van der Waals surface area contributed by atoms with Crippen LogP contribution in [0.3, 0.4) is 0 Å². The summed E-state index contributed by atoms with van der Waals surface area (Å²) in [6.45, 7) is 1.79. The third-order valence-corrected chi connectivity index (χ3v) is 0. The molecule has 0 saturated heterocycles. The van der Waals surface area contributed by atoms with Gasteiger partial charge in [-0.1, -0.05) is 0 Å². The minimum Gasteiger partial charge on any atom is -0.287 e. The summed E-state index contributed by atoms with van der Waals surface area (Å²) in [5, 5.41) is 0. The van der Waals surface area contributed by atoms with Gasteiger partial charge in [-0.2, -0.15) is 0 Å². The molecule has 0 aliphatic carbocycles. The fourth-order valence-corrected chi connectivity index (χ4v) is 0. The average molecular weight is 75.1 g/mol.